The summed E-state index contributed by atoms with van der Waals surface area (Å²) in [7, 11) is 1.66. The van der Waals surface area contributed by atoms with Crippen LogP contribution >= 0.6 is 15.9 Å². The molecule has 100 valence electrons. The van der Waals surface area contributed by atoms with Gasteiger partial charge in [-0.2, -0.15) is 5.10 Å². The fraction of sp³-hybridized carbons (Fsp3) is 0.667. The second kappa shape index (κ2) is 5.84. The quantitative estimate of drug-likeness (QED) is 0.905. The van der Waals surface area contributed by atoms with Crippen LogP contribution in [0.4, 0.5) is 5.69 Å². The van der Waals surface area contributed by atoms with Crippen molar-refractivity contribution in [3.63, 3.8) is 0 Å². The molecule has 0 spiro atoms. The number of aromatic nitrogens is 2. The molecule has 0 aliphatic carbocycles. The lowest BCUT2D eigenvalue weighted by Gasteiger charge is -2.27. The zero-order valence-electron chi connectivity index (χ0n) is 10.8. The van der Waals surface area contributed by atoms with Crippen molar-refractivity contribution in [3.8, 4) is 0 Å². The minimum absolute atomic E-state index is 0.0923. The van der Waals surface area contributed by atoms with Crippen LogP contribution in [0.15, 0.2) is 15.5 Å². The number of halogens is 1. The first kappa shape index (κ1) is 13.5. The summed E-state index contributed by atoms with van der Waals surface area (Å²) in [4.78, 5) is 14.1. The molecule has 0 saturated carbocycles. The van der Waals surface area contributed by atoms with Crippen molar-refractivity contribution < 1.29 is 0 Å². The van der Waals surface area contributed by atoms with E-state index < -0.39 is 0 Å². The summed E-state index contributed by atoms with van der Waals surface area (Å²) < 4.78 is 1.94. The lowest BCUT2D eigenvalue weighted by molar-refractivity contribution is 0.583. The number of rotatable bonds is 4. The normalized spacial score (nSPS) is 19.2. The molecule has 1 aliphatic rings. The molecule has 1 N–H and O–H groups in total. The molecule has 5 nitrogen and oxygen atoms in total. The summed E-state index contributed by atoms with van der Waals surface area (Å²) in [6.45, 7) is 4.98. The second-order valence-electron chi connectivity index (χ2n) is 4.60. The maximum atomic E-state index is 11.9. The third-order valence-corrected chi connectivity index (χ3v) is 4.13. The first-order valence-corrected chi connectivity index (χ1v) is 7.13. The van der Waals surface area contributed by atoms with Crippen molar-refractivity contribution in [2.75, 3.05) is 24.5 Å². The molecule has 1 aromatic rings. The average molecular weight is 315 g/mol. The van der Waals surface area contributed by atoms with Gasteiger partial charge >= 0.3 is 0 Å². The minimum atomic E-state index is -0.0923. The van der Waals surface area contributed by atoms with Crippen molar-refractivity contribution in [2.24, 2.45) is 7.05 Å². The summed E-state index contributed by atoms with van der Waals surface area (Å²) in [5.74, 6) is 0. The van der Waals surface area contributed by atoms with Gasteiger partial charge in [0.25, 0.3) is 5.56 Å². The van der Waals surface area contributed by atoms with E-state index in [1.54, 1.807) is 13.2 Å². The van der Waals surface area contributed by atoms with Crippen LogP contribution in [-0.2, 0) is 7.05 Å². The average Bonchev–Trinajstić information content (AvgIpc) is 2.87. The van der Waals surface area contributed by atoms with Gasteiger partial charge in [-0.15, -0.1) is 0 Å². The van der Waals surface area contributed by atoms with Crippen molar-refractivity contribution in [2.45, 2.75) is 25.8 Å². The van der Waals surface area contributed by atoms with Gasteiger partial charge in [0, 0.05) is 26.2 Å². The number of aryl methyl sites for hydroxylation is 1. The number of nitrogens with one attached hydrogen (secondary N) is 1. The molecule has 0 bridgehead atoms. The van der Waals surface area contributed by atoms with Crippen LogP contribution in [0.2, 0.25) is 0 Å². The van der Waals surface area contributed by atoms with Crippen LogP contribution in [0.25, 0.3) is 0 Å². The summed E-state index contributed by atoms with van der Waals surface area (Å²) >= 11 is 3.39. The number of nitrogens with zero attached hydrogens (tertiary/aromatic N) is 3. The van der Waals surface area contributed by atoms with Gasteiger partial charge in [-0.05, 0) is 42.2 Å². The van der Waals surface area contributed by atoms with Gasteiger partial charge < -0.3 is 10.2 Å². The predicted octanol–water partition coefficient (Wildman–Crippen LogP) is 1.12. The Morgan fingerprint density at radius 1 is 1.67 bits per heavy atom. The molecule has 6 heteroatoms. The molecule has 0 radical (unpaired) electrons. The highest BCUT2D eigenvalue weighted by molar-refractivity contribution is 9.10. The lowest BCUT2D eigenvalue weighted by atomic mass is 10.2. The molecule has 0 amide bonds. The highest BCUT2D eigenvalue weighted by atomic mass is 79.9. The Bertz CT molecular complexity index is 468. The van der Waals surface area contributed by atoms with Crippen LogP contribution in [-0.4, -0.2) is 35.5 Å². The van der Waals surface area contributed by atoms with E-state index in [1.807, 2.05) is 0 Å². The summed E-state index contributed by atoms with van der Waals surface area (Å²) in [6, 6.07) is 0.515. The van der Waals surface area contributed by atoms with Crippen molar-refractivity contribution in [1.82, 2.24) is 15.1 Å². The van der Waals surface area contributed by atoms with Gasteiger partial charge in [-0.25, -0.2) is 4.68 Å². The van der Waals surface area contributed by atoms with E-state index in [-0.39, 0.29) is 5.56 Å². The van der Waals surface area contributed by atoms with Crippen molar-refractivity contribution in [1.29, 1.82) is 0 Å². The minimum Gasteiger partial charge on any atom is -0.368 e. The predicted molar refractivity (Wildman–Crippen MR) is 76.1 cm³/mol. The highest BCUT2D eigenvalue weighted by Gasteiger charge is 2.20. The first-order chi connectivity index (χ1) is 8.63. The fourth-order valence-corrected chi connectivity index (χ4v) is 2.91. The van der Waals surface area contributed by atoms with Gasteiger partial charge in [0.2, 0.25) is 0 Å². The maximum Gasteiger partial charge on any atom is 0.282 e. The Kier molecular flexibility index (Phi) is 4.40. The van der Waals surface area contributed by atoms with E-state index in [4.69, 9.17) is 0 Å². The van der Waals surface area contributed by atoms with Crippen LogP contribution in [0, 0.1) is 0 Å². The number of anilines is 1. The molecule has 1 atom stereocenters. The number of likely N-dealkylation sites (N-methyl/N-ethyl adjacent to an activating group) is 1. The molecule has 1 aliphatic heterocycles. The van der Waals surface area contributed by atoms with Crippen LogP contribution in [0.5, 0.6) is 0 Å². The Morgan fingerprint density at radius 2 is 2.44 bits per heavy atom. The SMILES string of the molecule is CCN(CC1CCCN1)c1cnn(C)c(=O)c1Br. The van der Waals surface area contributed by atoms with E-state index >= 15 is 0 Å². The lowest BCUT2D eigenvalue weighted by Crippen LogP contribution is -2.38. The molecule has 2 rings (SSSR count). The molecule has 1 saturated heterocycles. The Balaban J connectivity index is 2.21. The molecular weight excluding hydrogens is 296 g/mol. The number of hydrogen-bond donors (Lipinski definition) is 1. The van der Waals surface area contributed by atoms with Gasteiger partial charge in [0.15, 0.2) is 0 Å². The maximum absolute atomic E-state index is 11.9. The van der Waals surface area contributed by atoms with Gasteiger partial charge in [0.1, 0.15) is 4.47 Å². The molecular formula is C12H19BrN4O. The highest BCUT2D eigenvalue weighted by Crippen LogP contribution is 2.22. The zero-order chi connectivity index (χ0) is 13.1. The summed E-state index contributed by atoms with van der Waals surface area (Å²) in [5.41, 5.74) is 0.791. The number of hydrogen-bond acceptors (Lipinski definition) is 4. The van der Waals surface area contributed by atoms with Gasteiger partial charge in [-0.1, -0.05) is 0 Å². The zero-order valence-corrected chi connectivity index (χ0v) is 12.4. The van der Waals surface area contributed by atoms with Gasteiger partial charge in [0.05, 0.1) is 11.9 Å². The standard InChI is InChI=1S/C12H19BrN4O/c1-3-17(8-9-5-4-6-14-9)10-7-15-16(2)12(18)11(10)13/h7,9,14H,3-6,8H2,1-2H3. The first-order valence-electron chi connectivity index (χ1n) is 6.33. The van der Waals surface area contributed by atoms with E-state index in [1.165, 1.54) is 17.5 Å². The largest absolute Gasteiger partial charge is 0.368 e. The topological polar surface area (TPSA) is 50.2 Å². The molecule has 1 aromatic heterocycles. The molecule has 1 fully saturated rings. The summed E-state index contributed by atoms with van der Waals surface area (Å²) in [6.07, 6.45) is 4.19. The van der Waals surface area contributed by atoms with Crippen molar-refractivity contribution in [3.05, 3.63) is 21.0 Å². The van der Waals surface area contributed by atoms with E-state index in [0.29, 0.717) is 10.5 Å². The van der Waals surface area contributed by atoms with E-state index in [2.05, 4.69) is 38.2 Å². The van der Waals surface area contributed by atoms with Crippen LogP contribution in [0.3, 0.4) is 0 Å². The Hall–Kier alpha value is -0.880. The Morgan fingerprint density at radius 3 is 3.06 bits per heavy atom. The second-order valence-corrected chi connectivity index (χ2v) is 5.40. The monoisotopic (exact) mass is 314 g/mol. The third kappa shape index (κ3) is 2.75. The molecule has 18 heavy (non-hydrogen) atoms. The third-order valence-electron chi connectivity index (χ3n) is 3.39. The van der Waals surface area contributed by atoms with E-state index in [0.717, 1.165) is 25.3 Å². The Labute approximate surface area is 115 Å². The van der Waals surface area contributed by atoms with Crippen LogP contribution in [0.1, 0.15) is 19.8 Å². The van der Waals surface area contributed by atoms with E-state index in [9.17, 15) is 4.79 Å². The summed E-state index contributed by atoms with van der Waals surface area (Å²) in [5, 5.41) is 7.57. The van der Waals surface area contributed by atoms with Crippen molar-refractivity contribution >= 4 is 21.6 Å². The van der Waals surface area contributed by atoms with Crippen LogP contribution < -0.4 is 15.8 Å². The smallest absolute Gasteiger partial charge is 0.282 e. The molecule has 1 unspecified atom stereocenters. The fourth-order valence-electron chi connectivity index (χ4n) is 2.30. The van der Waals surface area contributed by atoms with Gasteiger partial charge in [-0.3, -0.25) is 4.79 Å². The molecule has 2 heterocycles. The molecule has 0 aromatic carbocycles.